The predicted molar refractivity (Wildman–Crippen MR) is 92.8 cm³/mol. The van der Waals surface area contributed by atoms with Crippen LogP contribution in [-0.2, 0) is 9.53 Å². The van der Waals surface area contributed by atoms with Gasteiger partial charge in [0.05, 0.1) is 21.3 Å². The zero-order chi connectivity index (χ0) is 17.5. The molecule has 0 saturated heterocycles. The zero-order valence-electron chi connectivity index (χ0n) is 14.1. The molecule has 23 heavy (non-hydrogen) atoms. The molecule has 4 nitrogen and oxygen atoms in total. The van der Waals surface area contributed by atoms with Crippen molar-refractivity contribution in [2.24, 2.45) is 0 Å². The van der Waals surface area contributed by atoms with E-state index in [-0.39, 0.29) is 5.97 Å². The van der Waals surface area contributed by atoms with Crippen molar-refractivity contribution in [1.29, 1.82) is 0 Å². The molecule has 0 aliphatic heterocycles. The Morgan fingerprint density at radius 1 is 0.783 bits per heavy atom. The summed E-state index contributed by atoms with van der Waals surface area (Å²) < 4.78 is 14.1. The summed E-state index contributed by atoms with van der Waals surface area (Å²) in [6.45, 7) is 4.95. The minimum Gasteiger partial charge on any atom is -0.497 e. The van der Waals surface area contributed by atoms with E-state index in [0.717, 1.165) is 11.5 Å². The molecule has 0 fully saturated rings. The smallest absolute Gasteiger partial charge is 0.332 e. The molecule has 0 saturated carbocycles. The molecule has 0 spiro atoms. The minimum atomic E-state index is -0.347. The summed E-state index contributed by atoms with van der Waals surface area (Å²) in [5.41, 5.74) is 0.433. The third-order valence-electron chi connectivity index (χ3n) is 2.49. The summed E-state index contributed by atoms with van der Waals surface area (Å²) in [5, 5.41) is 0. The molecule has 0 bridgehead atoms. The van der Waals surface area contributed by atoms with E-state index in [1.165, 1.54) is 7.11 Å². The summed E-state index contributed by atoms with van der Waals surface area (Å²) in [7, 11) is 4.65. The van der Waals surface area contributed by atoms with Crippen LogP contribution in [0, 0.1) is 0 Å². The van der Waals surface area contributed by atoms with Crippen molar-refractivity contribution in [3.8, 4) is 11.5 Å². The Balaban J connectivity index is 0.000000317. The third-order valence-corrected chi connectivity index (χ3v) is 2.49. The first-order chi connectivity index (χ1) is 11.0. The van der Waals surface area contributed by atoms with Gasteiger partial charge in [0.25, 0.3) is 0 Å². The Kier molecular flexibility index (Phi) is 11.4. The molecule has 0 amide bonds. The average molecular weight is 316 g/mol. The first-order valence-corrected chi connectivity index (χ1v) is 6.97. The van der Waals surface area contributed by atoms with Crippen LogP contribution in [0.5, 0.6) is 11.5 Å². The minimum absolute atomic E-state index is 0.347. The number of para-hydroxylation sites is 2. The number of carbonyl (C=O) groups is 1. The lowest BCUT2D eigenvalue weighted by Gasteiger charge is -1.93. The molecule has 0 N–H and O–H groups in total. The van der Waals surface area contributed by atoms with E-state index in [0.29, 0.717) is 5.57 Å². The second-order valence-corrected chi connectivity index (χ2v) is 4.31. The fourth-order valence-corrected chi connectivity index (χ4v) is 1.29. The van der Waals surface area contributed by atoms with Crippen LogP contribution in [0.2, 0.25) is 0 Å². The van der Waals surface area contributed by atoms with Gasteiger partial charge in [0.1, 0.15) is 11.5 Å². The number of methoxy groups -OCH3 is 3. The maximum absolute atomic E-state index is 10.2. The van der Waals surface area contributed by atoms with Crippen molar-refractivity contribution in [1.82, 2.24) is 0 Å². The molecule has 0 aliphatic rings. The highest BCUT2D eigenvalue weighted by atomic mass is 16.5. The highest BCUT2D eigenvalue weighted by Gasteiger charge is 1.95. The number of ether oxygens (including phenoxy) is 3. The van der Waals surface area contributed by atoms with E-state index in [1.54, 1.807) is 21.1 Å². The Morgan fingerprint density at radius 2 is 1.13 bits per heavy atom. The lowest BCUT2D eigenvalue weighted by molar-refractivity contribution is -0.136. The molecule has 0 heterocycles. The molecule has 0 aromatic heterocycles. The van der Waals surface area contributed by atoms with Crippen LogP contribution in [0.25, 0.3) is 0 Å². The fraction of sp³-hybridized carbons (Fsp3) is 0.211. The van der Waals surface area contributed by atoms with Crippen molar-refractivity contribution in [3.63, 3.8) is 0 Å². The topological polar surface area (TPSA) is 44.8 Å². The van der Waals surface area contributed by atoms with Crippen LogP contribution in [0.4, 0.5) is 0 Å². The van der Waals surface area contributed by atoms with Crippen LogP contribution in [0.3, 0.4) is 0 Å². The monoisotopic (exact) mass is 316 g/mol. The second kappa shape index (κ2) is 13.0. The molecule has 0 radical (unpaired) electrons. The van der Waals surface area contributed by atoms with Gasteiger partial charge in [-0.1, -0.05) is 43.0 Å². The highest BCUT2D eigenvalue weighted by molar-refractivity contribution is 5.86. The van der Waals surface area contributed by atoms with Crippen LogP contribution in [0.15, 0.2) is 72.8 Å². The van der Waals surface area contributed by atoms with Gasteiger partial charge in [-0.2, -0.15) is 0 Å². The first kappa shape index (κ1) is 20.2. The maximum atomic E-state index is 10.2. The molecule has 0 atom stereocenters. The Morgan fingerprint density at radius 3 is 1.26 bits per heavy atom. The van der Waals surface area contributed by atoms with Gasteiger partial charge in [0.2, 0.25) is 0 Å². The maximum Gasteiger partial charge on any atom is 0.332 e. The van der Waals surface area contributed by atoms with Gasteiger partial charge in [-0.05, 0) is 31.2 Å². The number of benzene rings is 2. The number of hydrogen-bond donors (Lipinski definition) is 0. The summed E-state index contributed by atoms with van der Waals surface area (Å²) in [5.74, 6) is 1.47. The lowest BCUT2D eigenvalue weighted by Crippen LogP contribution is -1.98. The molecule has 0 unspecified atom stereocenters. The average Bonchev–Trinajstić information content (AvgIpc) is 2.63. The van der Waals surface area contributed by atoms with Crippen molar-refractivity contribution in [2.75, 3.05) is 21.3 Å². The summed E-state index contributed by atoms with van der Waals surface area (Å²) >= 11 is 0. The second-order valence-electron chi connectivity index (χ2n) is 4.31. The molecule has 2 aromatic carbocycles. The molecule has 0 aliphatic carbocycles. The first-order valence-electron chi connectivity index (χ1n) is 6.97. The van der Waals surface area contributed by atoms with Crippen molar-refractivity contribution in [2.45, 2.75) is 6.92 Å². The van der Waals surface area contributed by atoms with E-state index in [1.807, 2.05) is 60.7 Å². The normalized spacial score (nSPS) is 8.35. The van der Waals surface area contributed by atoms with Crippen LogP contribution in [0.1, 0.15) is 6.92 Å². The standard InChI is InChI=1S/2C7H8O.C5H8O2/c2*1-8-7-5-3-2-4-6-7;1-4(2)5(6)7-3/h2*2-6H,1H3;1H2,2-3H3. The van der Waals surface area contributed by atoms with E-state index in [2.05, 4.69) is 11.3 Å². The van der Waals surface area contributed by atoms with Crippen molar-refractivity contribution in [3.05, 3.63) is 72.8 Å². The highest BCUT2D eigenvalue weighted by Crippen LogP contribution is 2.06. The Hall–Kier alpha value is -2.75. The SMILES string of the molecule is C=C(C)C(=O)OC.COc1ccccc1.COc1ccccc1. The van der Waals surface area contributed by atoms with Gasteiger partial charge < -0.3 is 14.2 Å². The number of carbonyl (C=O) groups excluding carboxylic acids is 1. The third kappa shape index (κ3) is 10.6. The molecular weight excluding hydrogens is 292 g/mol. The van der Waals surface area contributed by atoms with Gasteiger partial charge in [0, 0.05) is 5.57 Å². The number of esters is 1. The van der Waals surface area contributed by atoms with Crippen LogP contribution in [-0.4, -0.2) is 27.3 Å². The summed E-state index contributed by atoms with van der Waals surface area (Å²) in [6, 6.07) is 19.4. The van der Waals surface area contributed by atoms with E-state index >= 15 is 0 Å². The molecular formula is C19H24O4. The molecule has 124 valence electrons. The number of hydrogen-bond acceptors (Lipinski definition) is 4. The Labute approximate surface area is 138 Å². The zero-order valence-corrected chi connectivity index (χ0v) is 14.1. The fourth-order valence-electron chi connectivity index (χ4n) is 1.29. The van der Waals surface area contributed by atoms with Gasteiger partial charge >= 0.3 is 5.97 Å². The molecule has 2 rings (SSSR count). The number of rotatable bonds is 3. The summed E-state index contributed by atoms with van der Waals surface area (Å²) in [4.78, 5) is 10.2. The molecule has 2 aromatic rings. The Bertz CT molecular complexity index is 511. The van der Waals surface area contributed by atoms with Crippen LogP contribution >= 0.6 is 0 Å². The quantitative estimate of drug-likeness (QED) is 0.631. The van der Waals surface area contributed by atoms with E-state index in [4.69, 9.17) is 9.47 Å². The van der Waals surface area contributed by atoms with Gasteiger partial charge in [-0.15, -0.1) is 0 Å². The van der Waals surface area contributed by atoms with Gasteiger partial charge in [-0.25, -0.2) is 4.79 Å². The van der Waals surface area contributed by atoms with Crippen molar-refractivity contribution < 1.29 is 19.0 Å². The molecule has 4 heteroatoms. The van der Waals surface area contributed by atoms with E-state index in [9.17, 15) is 4.79 Å². The largest absolute Gasteiger partial charge is 0.497 e. The lowest BCUT2D eigenvalue weighted by atomic mass is 10.3. The van der Waals surface area contributed by atoms with Crippen LogP contribution < -0.4 is 9.47 Å². The van der Waals surface area contributed by atoms with E-state index < -0.39 is 0 Å². The van der Waals surface area contributed by atoms with Gasteiger partial charge in [0.15, 0.2) is 0 Å². The summed E-state index contributed by atoms with van der Waals surface area (Å²) in [6.07, 6.45) is 0. The predicted octanol–water partition coefficient (Wildman–Crippen LogP) is 4.13. The van der Waals surface area contributed by atoms with Crippen molar-refractivity contribution >= 4 is 5.97 Å². The van der Waals surface area contributed by atoms with Gasteiger partial charge in [-0.3, -0.25) is 0 Å².